The highest BCUT2D eigenvalue weighted by atomic mass is 79.9. The molecule has 0 spiro atoms. The first-order chi connectivity index (χ1) is 10.8. The summed E-state index contributed by atoms with van der Waals surface area (Å²) in [7, 11) is 0. The number of anilines is 3. The maximum absolute atomic E-state index is 4.57. The summed E-state index contributed by atoms with van der Waals surface area (Å²) in [4.78, 5) is 8.93. The molecule has 0 unspecified atom stereocenters. The molecule has 1 heterocycles. The molecule has 0 bridgehead atoms. The van der Waals surface area contributed by atoms with Crippen molar-refractivity contribution in [3.8, 4) is 0 Å². The molecule has 0 aliphatic heterocycles. The first kappa shape index (κ1) is 15.3. The number of nitrogens with zero attached hydrogens (tertiary/aromatic N) is 2. The van der Waals surface area contributed by atoms with Crippen LogP contribution in [-0.4, -0.2) is 16.0 Å². The third-order valence-electron chi connectivity index (χ3n) is 3.94. The molecule has 116 valence electrons. The van der Waals surface area contributed by atoms with E-state index in [1.54, 1.807) is 6.20 Å². The van der Waals surface area contributed by atoms with E-state index in [0.29, 0.717) is 12.0 Å². The Morgan fingerprint density at radius 1 is 1.05 bits per heavy atom. The van der Waals surface area contributed by atoms with Crippen molar-refractivity contribution in [1.29, 1.82) is 0 Å². The second-order valence-electron chi connectivity index (χ2n) is 5.73. The Labute approximate surface area is 139 Å². The van der Waals surface area contributed by atoms with Crippen molar-refractivity contribution < 1.29 is 0 Å². The summed E-state index contributed by atoms with van der Waals surface area (Å²) in [5.41, 5.74) is 1.01. The summed E-state index contributed by atoms with van der Waals surface area (Å²) in [6.07, 6.45) is 9.53. The molecule has 1 aliphatic rings. The lowest BCUT2D eigenvalue weighted by atomic mass is 10.1. The van der Waals surface area contributed by atoms with E-state index in [1.807, 2.05) is 30.3 Å². The van der Waals surface area contributed by atoms with E-state index < -0.39 is 0 Å². The standard InChI is InChI=1S/C17H21BrN4/c18-13-6-5-9-15(12-13)20-16-10-11-19-17(22-16)21-14-7-3-1-2-4-8-14/h5-6,9-12,14H,1-4,7-8H2,(H2,19,20,21,22). The lowest BCUT2D eigenvalue weighted by Gasteiger charge is -2.16. The molecule has 0 atom stereocenters. The van der Waals surface area contributed by atoms with Gasteiger partial charge >= 0.3 is 0 Å². The van der Waals surface area contributed by atoms with Gasteiger partial charge in [0.2, 0.25) is 5.95 Å². The van der Waals surface area contributed by atoms with Crippen LogP contribution in [-0.2, 0) is 0 Å². The molecule has 22 heavy (non-hydrogen) atoms. The number of hydrogen-bond donors (Lipinski definition) is 2. The van der Waals surface area contributed by atoms with Crippen LogP contribution in [0.5, 0.6) is 0 Å². The number of nitrogens with one attached hydrogen (secondary N) is 2. The van der Waals surface area contributed by atoms with Gasteiger partial charge in [-0.3, -0.25) is 0 Å². The van der Waals surface area contributed by atoms with Gasteiger partial charge in [-0.05, 0) is 37.1 Å². The van der Waals surface area contributed by atoms with Gasteiger partial charge in [0.25, 0.3) is 0 Å². The minimum absolute atomic E-state index is 0.503. The van der Waals surface area contributed by atoms with Crippen molar-refractivity contribution in [2.75, 3.05) is 10.6 Å². The SMILES string of the molecule is Brc1cccc(Nc2ccnc(NC3CCCCCC3)n2)c1. The highest BCUT2D eigenvalue weighted by molar-refractivity contribution is 9.10. The average molecular weight is 361 g/mol. The van der Waals surface area contributed by atoms with Crippen LogP contribution in [0, 0.1) is 0 Å². The molecule has 0 radical (unpaired) electrons. The normalized spacial score (nSPS) is 16.0. The molecule has 1 aromatic heterocycles. The molecule has 2 N–H and O–H groups in total. The van der Waals surface area contributed by atoms with E-state index in [1.165, 1.54) is 38.5 Å². The number of aromatic nitrogens is 2. The van der Waals surface area contributed by atoms with E-state index in [9.17, 15) is 0 Å². The van der Waals surface area contributed by atoms with Gasteiger partial charge in [0.05, 0.1) is 0 Å². The van der Waals surface area contributed by atoms with Gasteiger partial charge in [0.1, 0.15) is 5.82 Å². The summed E-state index contributed by atoms with van der Waals surface area (Å²) in [6, 6.07) is 10.4. The second-order valence-corrected chi connectivity index (χ2v) is 6.65. The van der Waals surface area contributed by atoms with Crippen LogP contribution < -0.4 is 10.6 Å². The van der Waals surface area contributed by atoms with Gasteiger partial charge in [0, 0.05) is 22.4 Å². The second kappa shape index (κ2) is 7.58. The first-order valence-electron chi connectivity index (χ1n) is 7.92. The number of hydrogen-bond acceptors (Lipinski definition) is 4. The van der Waals surface area contributed by atoms with Crippen molar-refractivity contribution in [2.45, 2.75) is 44.6 Å². The Morgan fingerprint density at radius 3 is 2.64 bits per heavy atom. The topological polar surface area (TPSA) is 49.8 Å². The Balaban J connectivity index is 1.66. The third-order valence-corrected chi connectivity index (χ3v) is 4.43. The number of halogens is 1. The van der Waals surface area contributed by atoms with Gasteiger partial charge in [-0.2, -0.15) is 4.98 Å². The molecule has 3 rings (SSSR count). The molecule has 0 amide bonds. The molecular formula is C17H21BrN4. The predicted molar refractivity (Wildman–Crippen MR) is 94.6 cm³/mol. The first-order valence-corrected chi connectivity index (χ1v) is 8.71. The minimum Gasteiger partial charge on any atom is -0.351 e. The summed E-state index contributed by atoms with van der Waals surface area (Å²) < 4.78 is 1.04. The maximum atomic E-state index is 4.57. The van der Waals surface area contributed by atoms with Crippen molar-refractivity contribution in [3.05, 3.63) is 41.0 Å². The van der Waals surface area contributed by atoms with Crippen LogP contribution in [0.15, 0.2) is 41.0 Å². The van der Waals surface area contributed by atoms with E-state index in [4.69, 9.17) is 0 Å². The fourth-order valence-electron chi connectivity index (χ4n) is 2.82. The molecule has 2 aromatic rings. The molecule has 1 aliphatic carbocycles. The van der Waals surface area contributed by atoms with Crippen LogP contribution in [0.3, 0.4) is 0 Å². The Morgan fingerprint density at radius 2 is 1.86 bits per heavy atom. The number of rotatable bonds is 4. The van der Waals surface area contributed by atoms with Crippen LogP contribution >= 0.6 is 15.9 Å². The Bertz CT molecular complexity index is 609. The van der Waals surface area contributed by atoms with Gasteiger partial charge in [-0.1, -0.05) is 47.7 Å². The largest absolute Gasteiger partial charge is 0.351 e. The molecule has 5 heteroatoms. The molecule has 4 nitrogen and oxygen atoms in total. The Hall–Kier alpha value is -1.62. The molecule has 1 aromatic carbocycles. The van der Waals surface area contributed by atoms with Crippen LogP contribution in [0.4, 0.5) is 17.5 Å². The van der Waals surface area contributed by atoms with Crippen molar-refractivity contribution in [3.63, 3.8) is 0 Å². The summed E-state index contributed by atoms with van der Waals surface area (Å²) in [6.45, 7) is 0. The van der Waals surface area contributed by atoms with E-state index in [0.717, 1.165) is 16.0 Å². The zero-order chi connectivity index (χ0) is 15.2. The van der Waals surface area contributed by atoms with Gasteiger partial charge in [0.15, 0.2) is 0 Å². The van der Waals surface area contributed by atoms with Crippen LogP contribution in [0.25, 0.3) is 0 Å². The minimum atomic E-state index is 0.503. The fourth-order valence-corrected chi connectivity index (χ4v) is 3.22. The molecule has 0 saturated heterocycles. The molecule has 1 saturated carbocycles. The monoisotopic (exact) mass is 360 g/mol. The highest BCUT2D eigenvalue weighted by Gasteiger charge is 2.13. The summed E-state index contributed by atoms with van der Waals surface area (Å²) in [5.74, 6) is 1.52. The van der Waals surface area contributed by atoms with Gasteiger partial charge in [-0.25, -0.2) is 4.98 Å². The van der Waals surface area contributed by atoms with Crippen molar-refractivity contribution in [2.24, 2.45) is 0 Å². The maximum Gasteiger partial charge on any atom is 0.224 e. The average Bonchev–Trinajstić information content (AvgIpc) is 2.76. The van der Waals surface area contributed by atoms with E-state index in [-0.39, 0.29) is 0 Å². The van der Waals surface area contributed by atoms with Gasteiger partial charge < -0.3 is 10.6 Å². The summed E-state index contributed by atoms with van der Waals surface area (Å²) >= 11 is 3.48. The summed E-state index contributed by atoms with van der Waals surface area (Å²) in [5, 5.41) is 6.80. The number of benzene rings is 1. The van der Waals surface area contributed by atoms with E-state index >= 15 is 0 Å². The zero-order valence-corrected chi connectivity index (χ0v) is 14.1. The predicted octanol–water partition coefficient (Wildman–Crippen LogP) is 5.12. The fraction of sp³-hybridized carbons (Fsp3) is 0.412. The smallest absolute Gasteiger partial charge is 0.224 e. The molecular weight excluding hydrogens is 340 g/mol. The van der Waals surface area contributed by atoms with Gasteiger partial charge in [-0.15, -0.1) is 0 Å². The van der Waals surface area contributed by atoms with Crippen molar-refractivity contribution >= 4 is 33.4 Å². The quantitative estimate of drug-likeness (QED) is 0.743. The van der Waals surface area contributed by atoms with E-state index in [2.05, 4.69) is 36.5 Å². The Kier molecular flexibility index (Phi) is 5.27. The molecule has 1 fully saturated rings. The van der Waals surface area contributed by atoms with Crippen LogP contribution in [0.1, 0.15) is 38.5 Å². The lowest BCUT2D eigenvalue weighted by Crippen LogP contribution is -2.20. The zero-order valence-electron chi connectivity index (χ0n) is 12.6. The third kappa shape index (κ3) is 4.44. The lowest BCUT2D eigenvalue weighted by molar-refractivity contribution is 0.615. The highest BCUT2D eigenvalue weighted by Crippen LogP contribution is 2.22. The van der Waals surface area contributed by atoms with Crippen molar-refractivity contribution in [1.82, 2.24) is 9.97 Å². The van der Waals surface area contributed by atoms with Crippen LogP contribution in [0.2, 0.25) is 0 Å².